The average molecular weight is 485 g/mol. The first-order valence-electron chi connectivity index (χ1n) is 11.4. The second kappa shape index (κ2) is 11.7. The number of benzene rings is 2. The van der Waals surface area contributed by atoms with Crippen LogP contribution in [-0.4, -0.2) is 39.1 Å². The minimum atomic E-state index is -0.771. The van der Waals surface area contributed by atoms with Gasteiger partial charge >= 0.3 is 5.97 Å². The SMILES string of the molecule is Cc1c(CC(=O)NCCCCCCCC(=O)O)c2cc(O)ccc2n1C(=O)c1ccc(Cl)cc1. The molecular weight excluding hydrogens is 456 g/mol. The van der Waals surface area contributed by atoms with Crippen LogP contribution >= 0.6 is 11.6 Å². The maximum atomic E-state index is 13.3. The minimum absolute atomic E-state index is 0.0631. The number of carboxylic acids is 1. The van der Waals surface area contributed by atoms with Crippen LogP contribution in [0.3, 0.4) is 0 Å². The Morgan fingerprint density at radius 3 is 2.35 bits per heavy atom. The molecule has 0 saturated carbocycles. The zero-order valence-electron chi connectivity index (χ0n) is 19.1. The summed E-state index contributed by atoms with van der Waals surface area (Å²) in [7, 11) is 0. The summed E-state index contributed by atoms with van der Waals surface area (Å²) >= 11 is 5.95. The normalized spacial score (nSPS) is 11.0. The molecule has 3 rings (SSSR count). The number of rotatable bonds is 11. The summed E-state index contributed by atoms with van der Waals surface area (Å²) in [5.41, 5.74) is 2.43. The summed E-state index contributed by atoms with van der Waals surface area (Å²) in [6, 6.07) is 11.4. The van der Waals surface area contributed by atoms with Gasteiger partial charge in [-0.1, -0.05) is 30.9 Å². The Bertz CT molecular complexity index is 1180. The highest BCUT2D eigenvalue weighted by Gasteiger charge is 2.21. The number of carboxylic acid groups (broad SMARTS) is 1. The molecule has 0 fully saturated rings. The van der Waals surface area contributed by atoms with Crippen molar-refractivity contribution < 1.29 is 24.6 Å². The zero-order valence-corrected chi connectivity index (χ0v) is 19.9. The fraction of sp³-hybridized carbons (Fsp3) is 0.346. The van der Waals surface area contributed by atoms with Crippen molar-refractivity contribution in [2.45, 2.75) is 51.9 Å². The van der Waals surface area contributed by atoms with E-state index in [1.54, 1.807) is 47.9 Å². The van der Waals surface area contributed by atoms with E-state index in [2.05, 4.69) is 5.32 Å². The summed E-state index contributed by atoms with van der Waals surface area (Å²) in [5.74, 6) is -1.10. The Balaban J connectivity index is 1.68. The number of halogens is 1. The first kappa shape index (κ1) is 25.3. The number of hydrogen-bond acceptors (Lipinski definition) is 4. The van der Waals surface area contributed by atoms with E-state index in [1.807, 2.05) is 0 Å². The molecule has 8 heteroatoms. The van der Waals surface area contributed by atoms with Crippen molar-refractivity contribution >= 4 is 40.3 Å². The first-order valence-corrected chi connectivity index (χ1v) is 11.8. The van der Waals surface area contributed by atoms with Gasteiger partial charge in [-0.25, -0.2) is 0 Å². The monoisotopic (exact) mass is 484 g/mol. The number of aromatic nitrogens is 1. The van der Waals surface area contributed by atoms with Crippen molar-refractivity contribution in [1.82, 2.24) is 9.88 Å². The maximum Gasteiger partial charge on any atom is 0.303 e. The molecule has 34 heavy (non-hydrogen) atoms. The predicted molar refractivity (Wildman–Crippen MR) is 132 cm³/mol. The molecule has 1 aromatic heterocycles. The molecule has 2 aromatic carbocycles. The molecule has 0 unspecified atom stereocenters. The van der Waals surface area contributed by atoms with Gasteiger partial charge in [0.2, 0.25) is 5.91 Å². The summed E-state index contributed by atoms with van der Waals surface area (Å²) in [6.45, 7) is 2.33. The number of phenolic OH excluding ortho intramolecular Hbond substituents is 1. The standard InChI is InChI=1S/C26H29ClN2O5/c1-17-21(16-24(31)28-14-6-4-2-3-5-7-25(32)33)22-15-20(30)12-13-23(22)29(17)26(34)18-8-10-19(27)11-9-18/h8-13,15,30H,2-7,14,16H2,1H3,(H,28,31)(H,32,33). The van der Waals surface area contributed by atoms with Gasteiger partial charge in [-0.05, 0) is 67.8 Å². The van der Waals surface area contributed by atoms with Crippen molar-refractivity contribution in [3.8, 4) is 5.75 Å². The van der Waals surface area contributed by atoms with Crippen LogP contribution < -0.4 is 5.32 Å². The van der Waals surface area contributed by atoms with Crippen LogP contribution in [0.25, 0.3) is 10.9 Å². The van der Waals surface area contributed by atoms with Gasteiger partial charge in [-0.15, -0.1) is 0 Å². The molecule has 1 amide bonds. The number of aromatic hydroxyl groups is 1. The van der Waals surface area contributed by atoms with Crippen LogP contribution in [0.2, 0.25) is 5.02 Å². The minimum Gasteiger partial charge on any atom is -0.508 e. The Kier molecular flexibility index (Phi) is 8.71. The van der Waals surface area contributed by atoms with Gasteiger partial charge in [-0.2, -0.15) is 0 Å². The predicted octanol–water partition coefficient (Wildman–Crippen LogP) is 5.08. The highest BCUT2D eigenvalue weighted by molar-refractivity contribution is 6.30. The number of carbonyl (C=O) groups excluding carboxylic acids is 2. The number of nitrogens with zero attached hydrogens (tertiary/aromatic N) is 1. The molecule has 0 aliphatic carbocycles. The first-order chi connectivity index (χ1) is 16.3. The molecule has 3 N–H and O–H groups in total. The van der Waals surface area contributed by atoms with E-state index in [9.17, 15) is 19.5 Å². The van der Waals surface area contributed by atoms with E-state index in [1.165, 1.54) is 6.07 Å². The van der Waals surface area contributed by atoms with E-state index in [4.69, 9.17) is 16.7 Å². The third-order valence-electron chi connectivity index (χ3n) is 5.84. The van der Waals surface area contributed by atoms with Crippen LogP contribution in [0, 0.1) is 6.92 Å². The number of nitrogens with one attached hydrogen (secondary N) is 1. The van der Waals surface area contributed by atoms with E-state index >= 15 is 0 Å². The van der Waals surface area contributed by atoms with Gasteiger partial charge in [0.05, 0.1) is 11.9 Å². The number of aliphatic carboxylic acids is 1. The molecule has 0 aliphatic rings. The number of phenols is 1. The molecule has 0 aliphatic heterocycles. The van der Waals surface area contributed by atoms with Crippen LogP contribution in [-0.2, 0) is 16.0 Å². The molecule has 3 aromatic rings. The van der Waals surface area contributed by atoms with E-state index < -0.39 is 5.97 Å². The number of amides is 1. The van der Waals surface area contributed by atoms with Crippen LogP contribution in [0.5, 0.6) is 5.75 Å². The molecule has 0 atom stereocenters. The number of fused-ring (bicyclic) bond motifs is 1. The Morgan fingerprint density at radius 2 is 1.65 bits per heavy atom. The highest BCUT2D eigenvalue weighted by atomic mass is 35.5. The van der Waals surface area contributed by atoms with Crippen LogP contribution in [0.4, 0.5) is 0 Å². The lowest BCUT2D eigenvalue weighted by molar-refractivity contribution is -0.137. The van der Waals surface area contributed by atoms with Crippen molar-refractivity contribution in [3.63, 3.8) is 0 Å². The smallest absolute Gasteiger partial charge is 0.303 e. The maximum absolute atomic E-state index is 13.3. The number of carbonyl (C=O) groups is 3. The van der Waals surface area contributed by atoms with Gasteiger partial charge in [0, 0.05) is 34.6 Å². The number of hydrogen-bond donors (Lipinski definition) is 3. The van der Waals surface area contributed by atoms with Gasteiger partial charge in [0.15, 0.2) is 0 Å². The fourth-order valence-corrected chi connectivity index (χ4v) is 4.19. The summed E-state index contributed by atoms with van der Waals surface area (Å²) < 4.78 is 1.57. The second-order valence-corrected chi connectivity index (χ2v) is 8.79. The zero-order chi connectivity index (χ0) is 24.7. The van der Waals surface area contributed by atoms with Crippen molar-refractivity contribution in [2.75, 3.05) is 6.54 Å². The van der Waals surface area contributed by atoms with E-state index in [-0.39, 0.29) is 30.4 Å². The Morgan fingerprint density at radius 1 is 0.971 bits per heavy atom. The average Bonchev–Trinajstić information content (AvgIpc) is 3.06. The second-order valence-electron chi connectivity index (χ2n) is 8.35. The topological polar surface area (TPSA) is 109 Å². The molecule has 7 nitrogen and oxygen atoms in total. The van der Waals surface area contributed by atoms with Gasteiger partial charge in [0.1, 0.15) is 5.75 Å². The van der Waals surface area contributed by atoms with E-state index in [0.717, 1.165) is 25.7 Å². The molecular formula is C26H29ClN2O5. The lowest BCUT2D eigenvalue weighted by Crippen LogP contribution is -2.26. The molecule has 0 bridgehead atoms. The van der Waals surface area contributed by atoms with Crippen molar-refractivity contribution in [2.24, 2.45) is 0 Å². The highest BCUT2D eigenvalue weighted by Crippen LogP contribution is 2.30. The molecule has 1 heterocycles. The van der Waals surface area contributed by atoms with Crippen molar-refractivity contribution in [3.05, 3.63) is 64.3 Å². The molecule has 0 saturated heterocycles. The quantitative estimate of drug-likeness (QED) is 0.329. The van der Waals surface area contributed by atoms with Crippen molar-refractivity contribution in [1.29, 1.82) is 0 Å². The summed E-state index contributed by atoms with van der Waals surface area (Å²) in [4.78, 5) is 36.4. The number of unbranched alkanes of at least 4 members (excludes halogenated alkanes) is 4. The van der Waals surface area contributed by atoms with Gasteiger partial charge in [0.25, 0.3) is 5.91 Å². The van der Waals surface area contributed by atoms with Crippen LogP contribution in [0.1, 0.15) is 60.1 Å². The lowest BCUT2D eigenvalue weighted by Gasteiger charge is -2.08. The Labute approximate surface area is 203 Å². The van der Waals surface area contributed by atoms with Gasteiger partial charge in [-0.3, -0.25) is 19.0 Å². The Hall–Kier alpha value is -3.32. The fourth-order valence-electron chi connectivity index (χ4n) is 4.06. The molecule has 0 radical (unpaired) electrons. The largest absolute Gasteiger partial charge is 0.508 e. The molecule has 0 spiro atoms. The summed E-state index contributed by atoms with van der Waals surface area (Å²) in [6.07, 6.45) is 4.49. The summed E-state index contributed by atoms with van der Waals surface area (Å²) in [5, 5.41) is 22.8. The molecule has 180 valence electrons. The van der Waals surface area contributed by atoms with Crippen LogP contribution in [0.15, 0.2) is 42.5 Å². The lowest BCUT2D eigenvalue weighted by atomic mass is 10.1. The van der Waals surface area contributed by atoms with Gasteiger partial charge < -0.3 is 15.5 Å². The third kappa shape index (κ3) is 6.38. The van der Waals surface area contributed by atoms with E-state index in [0.29, 0.717) is 45.7 Å². The third-order valence-corrected chi connectivity index (χ3v) is 6.09.